The first-order chi connectivity index (χ1) is 13.8. The quantitative estimate of drug-likeness (QED) is 0.176. The van der Waals surface area contributed by atoms with Crippen LogP contribution in [0.5, 0.6) is 0 Å². The van der Waals surface area contributed by atoms with Crippen molar-refractivity contribution in [3.05, 3.63) is 0 Å². The second-order valence-corrected chi connectivity index (χ2v) is 7.92. The zero-order valence-electron chi connectivity index (χ0n) is 17.4. The summed E-state index contributed by atoms with van der Waals surface area (Å²) >= 11 is 0. The van der Waals surface area contributed by atoms with E-state index in [4.69, 9.17) is 19.7 Å². The maximum absolute atomic E-state index is 11.7. The normalized spacial score (nSPS) is 20.1. The van der Waals surface area contributed by atoms with Crippen LogP contribution in [0.15, 0.2) is 0 Å². The van der Waals surface area contributed by atoms with Crippen molar-refractivity contribution in [1.82, 2.24) is 0 Å². The third kappa shape index (κ3) is 11.2. The zero-order valence-corrected chi connectivity index (χ0v) is 17.4. The van der Waals surface area contributed by atoms with Crippen LogP contribution in [0.25, 0.3) is 0 Å². The predicted molar refractivity (Wildman–Crippen MR) is 106 cm³/mol. The van der Waals surface area contributed by atoms with E-state index in [-0.39, 0.29) is 18.8 Å². The minimum Gasteiger partial charge on any atom is -0.481 e. The molecule has 3 atom stereocenters. The van der Waals surface area contributed by atoms with Gasteiger partial charge in [-0.2, -0.15) is 0 Å². The molecular weight excluding hydrogens is 380 g/mol. The van der Waals surface area contributed by atoms with Crippen molar-refractivity contribution in [3.8, 4) is 0 Å². The molecule has 1 aliphatic heterocycles. The molecule has 1 rings (SSSR count). The lowest BCUT2D eigenvalue weighted by atomic mass is 9.96. The summed E-state index contributed by atoms with van der Waals surface area (Å²) < 4.78 is 10.5. The van der Waals surface area contributed by atoms with Gasteiger partial charge in [0.2, 0.25) is 0 Å². The fourth-order valence-corrected chi connectivity index (χ4v) is 3.39. The Morgan fingerprint density at radius 3 is 1.97 bits per heavy atom. The lowest BCUT2D eigenvalue weighted by Gasteiger charge is -2.20. The molecule has 0 saturated carbocycles. The second kappa shape index (κ2) is 13.5. The van der Waals surface area contributed by atoms with E-state index in [0.717, 1.165) is 12.8 Å². The van der Waals surface area contributed by atoms with Crippen LogP contribution in [0, 0.1) is 0 Å². The van der Waals surface area contributed by atoms with Gasteiger partial charge in [0.15, 0.2) is 5.60 Å². The van der Waals surface area contributed by atoms with E-state index >= 15 is 0 Å². The second-order valence-electron chi connectivity index (χ2n) is 7.92. The Labute approximate surface area is 172 Å². The smallest absolute Gasteiger partial charge is 0.336 e. The van der Waals surface area contributed by atoms with Crippen molar-refractivity contribution in [3.63, 3.8) is 0 Å². The van der Waals surface area contributed by atoms with Crippen molar-refractivity contribution in [2.75, 3.05) is 6.61 Å². The van der Waals surface area contributed by atoms with E-state index in [1.807, 2.05) is 0 Å². The van der Waals surface area contributed by atoms with Crippen LogP contribution in [0.1, 0.15) is 90.4 Å². The van der Waals surface area contributed by atoms with Crippen LogP contribution < -0.4 is 0 Å². The average molecular weight is 417 g/mol. The molecule has 0 radical (unpaired) electrons. The van der Waals surface area contributed by atoms with Gasteiger partial charge in [-0.15, -0.1) is 0 Å². The van der Waals surface area contributed by atoms with Gasteiger partial charge in [0.1, 0.15) is 0 Å². The van der Waals surface area contributed by atoms with Crippen LogP contribution in [-0.4, -0.2) is 57.6 Å². The fraction of sp³-hybridized carbons (Fsp3) is 0.857. The van der Waals surface area contributed by atoms with Gasteiger partial charge in [0, 0.05) is 6.42 Å². The van der Waals surface area contributed by atoms with Crippen molar-refractivity contribution >= 4 is 17.9 Å². The van der Waals surface area contributed by atoms with E-state index in [9.17, 15) is 19.5 Å². The number of hydrogen-bond donors (Lipinski definition) is 3. The highest BCUT2D eigenvalue weighted by Crippen LogP contribution is 2.30. The summed E-state index contributed by atoms with van der Waals surface area (Å²) in [5, 5.41) is 27.4. The highest BCUT2D eigenvalue weighted by Gasteiger charge is 2.42. The Morgan fingerprint density at radius 2 is 1.41 bits per heavy atom. The summed E-state index contributed by atoms with van der Waals surface area (Å²) in [6.45, 7) is 2.28. The van der Waals surface area contributed by atoms with Gasteiger partial charge in [-0.1, -0.05) is 64.7 Å². The number of rotatable bonds is 18. The Balaban J connectivity index is 2.04. The third-order valence-corrected chi connectivity index (χ3v) is 5.22. The predicted octanol–water partition coefficient (Wildman–Crippen LogP) is 3.29. The summed E-state index contributed by atoms with van der Waals surface area (Å²) in [5.74, 6) is -4.20. The third-order valence-electron chi connectivity index (χ3n) is 5.22. The zero-order chi connectivity index (χ0) is 21.7. The number of hydrogen-bond acceptors (Lipinski definition) is 6. The first-order valence-electron chi connectivity index (χ1n) is 10.8. The molecule has 0 aromatic carbocycles. The molecule has 0 bridgehead atoms. The molecule has 0 aliphatic carbocycles. The summed E-state index contributed by atoms with van der Waals surface area (Å²) in [4.78, 5) is 33.4. The summed E-state index contributed by atoms with van der Waals surface area (Å²) in [6.07, 6.45) is 11.2. The molecule has 8 nitrogen and oxygen atoms in total. The van der Waals surface area contributed by atoms with Gasteiger partial charge in [-0.3, -0.25) is 9.59 Å². The van der Waals surface area contributed by atoms with Gasteiger partial charge in [0.25, 0.3) is 0 Å². The van der Waals surface area contributed by atoms with Crippen LogP contribution in [0.3, 0.4) is 0 Å². The number of aliphatic carboxylic acids is 2. The molecule has 1 saturated heterocycles. The van der Waals surface area contributed by atoms with E-state index < -0.39 is 36.4 Å². The molecule has 1 fully saturated rings. The highest BCUT2D eigenvalue weighted by molar-refractivity contribution is 5.88. The number of carbonyl (C=O) groups is 3. The number of unbranched alkanes of at least 4 members (excludes halogenated alkanes) is 8. The van der Waals surface area contributed by atoms with E-state index in [2.05, 4.69) is 6.92 Å². The molecule has 0 amide bonds. The molecule has 168 valence electrons. The Kier molecular flexibility index (Phi) is 11.8. The molecule has 0 aromatic heterocycles. The number of carboxylic acid groups (broad SMARTS) is 2. The topological polar surface area (TPSA) is 134 Å². The van der Waals surface area contributed by atoms with E-state index in [1.54, 1.807) is 0 Å². The fourth-order valence-electron chi connectivity index (χ4n) is 3.39. The van der Waals surface area contributed by atoms with Crippen molar-refractivity contribution in [2.24, 2.45) is 0 Å². The SMILES string of the molecule is CCCCCCCCCCCC1OC1CCOC(=O)CC(O)(CC(=O)O)C(=O)O. The number of carboxylic acids is 2. The van der Waals surface area contributed by atoms with Gasteiger partial charge >= 0.3 is 17.9 Å². The van der Waals surface area contributed by atoms with Crippen molar-refractivity contribution < 1.29 is 39.2 Å². The molecule has 3 N–H and O–H groups in total. The first kappa shape index (κ1) is 25.4. The standard InChI is InChI=1S/C21H36O8/c1-2-3-4-5-6-7-8-9-10-11-16-17(29-16)12-13-28-19(24)15-21(27,20(25)26)14-18(22)23/h16-17,27H,2-15H2,1H3,(H,22,23)(H,25,26). The average Bonchev–Trinajstić information content (AvgIpc) is 3.37. The summed E-state index contributed by atoms with van der Waals surface area (Å²) in [7, 11) is 0. The maximum Gasteiger partial charge on any atom is 0.336 e. The molecule has 0 aromatic rings. The molecule has 1 heterocycles. The Hall–Kier alpha value is -1.67. The minimum absolute atomic E-state index is 0.0502. The minimum atomic E-state index is -2.66. The van der Waals surface area contributed by atoms with Crippen LogP contribution >= 0.6 is 0 Å². The van der Waals surface area contributed by atoms with Gasteiger partial charge in [-0.25, -0.2) is 4.79 Å². The monoisotopic (exact) mass is 416 g/mol. The molecule has 8 heteroatoms. The molecule has 0 spiro atoms. The largest absolute Gasteiger partial charge is 0.481 e. The first-order valence-corrected chi connectivity index (χ1v) is 10.8. The van der Waals surface area contributed by atoms with E-state index in [0.29, 0.717) is 6.42 Å². The van der Waals surface area contributed by atoms with Crippen LogP contribution in [0.2, 0.25) is 0 Å². The highest BCUT2D eigenvalue weighted by atomic mass is 16.6. The molecule has 1 aliphatic rings. The number of ether oxygens (including phenoxy) is 2. The number of epoxide rings is 1. The van der Waals surface area contributed by atoms with Crippen LogP contribution in [-0.2, 0) is 23.9 Å². The lowest BCUT2D eigenvalue weighted by Crippen LogP contribution is -2.43. The number of carbonyl (C=O) groups excluding carboxylic acids is 1. The van der Waals surface area contributed by atoms with Gasteiger partial charge in [-0.05, 0) is 6.42 Å². The summed E-state index contributed by atoms with van der Waals surface area (Å²) in [5.41, 5.74) is -2.66. The number of esters is 1. The van der Waals surface area contributed by atoms with E-state index in [1.165, 1.54) is 51.4 Å². The molecule has 3 unspecified atom stereocenters. The van der Waals surface area contributed by atoms with Gasteiger partial charge in [0.05, 0.1) is 31.7 Å². The van der Waals surface area contributed by atoms with Crippen molar-refractivity contribution in [1.29, 1.82) is 0 Å². The Morgan fingerprint density at radius 1 is 0.862 bits per heavy atom. The van der Waals surface area contributed by atoms with Crippen LogP contribution in [0.4, 0.5) is 0 Å². The molecule has 29 heavy (non-hydrogen) atoms. The van der Waals surface area contributed by atoms with Gasteiger partial charge < -0.3 is 24.8 Å². The lowest BCUT2D eigenvalue weighted by molar-refractivity contribution is -0.172. The maximum atomic E-state index is 11.7. The van der Waals surface area contributed by atoms with Crippen molar-refractivity contribution in [2.45, 2.75) is 108 Å². The number of aliphatic hydroxyl groups is 1. The molecular formula is C21H36O8. The Bertz CT molecular complexity index is 521. The summed E-state index contributed by atoms with van der Waals surface area (Å²) in [6, 6.07) is 0.